The van der Waals surface area contributed by atoms with Gasteiger partial charge in [-0.25, -0.2) is 0 Å². The van der Waals surface area contributed by atoms with Gasteiger partial charge in [0.05, 0.1) is 19.8 Å². The Morgan fingerprint density at radius 2 is 1.90 bits per heavy atom. The van der Waals surface area contributed by atoms with E-state index in [-0.39, 0.29) is 11.8 Å². The van der Waals surface area contributed by atoms with Crippen molar-refractivity contribution >= 4 is 28.2 Å². The van der Waals surface area contributed by atoms with Gasteiger partial charge >= 0.3 is 0 Å². The van der Waals surface area contributed by atoms with Gasteiger partial charge in [-0.2, -0.15) is 5.10 Å². The fraction of sp³-hybridized carbons (Fsp3) is 0.286. The number of nitrogens with one attached hydrogen (secondary N) is 2. The summed E-state index contributed by atoms with van der Waals surface area (Å²) in [6.07, 6.45) is 2.37. The van der Waals surface area contributed by atoms with Crippen molar-refractivity contribution in [2.45, 2.75) is 19.9 Å². The van der Waals surface area contributed by atoms with Crippen LogP contribution in [0.2, 0.25) is 0 Å². The van der Waals surface area contributed by atoms with E-state index in [0.29, 0.717) is 47.3 Å². The first-order chi connectivity index (χ1) is 14.5. The maximum Gasteiger partial charge on any atom is 0.276 e. The first-order valence-electron chi connectivity index (χ1n) is 9.47. The first-order valence-corrected chi connectivity index (χ1v) is 10.3. The number of ether oxygens (including phenoxy) is 2. The molecule has 0 saturated carbocycles. The topological polar surface area (TPSA) is 94.5 Å². The Labute approximate surface area is 178 Å². The molecule has 0 atom stereocenters. The number of nitrogens with zero attached hydrogens (tertiary/aromatic N) is 2. The van der Waals surface area contributed by atoms with E-state index in [2.05, 4.69) is 15.7 Å². The summed E-state index contributed by atoms with van der Waals surface area (Å²) < 4.78 is 12.2. The molecule has 9 heteroatoms. The van der Waals surface area contributed by atoms with Crippen molar-refractivity contribution in [2.75, 3.05) is 26.1 Å². The maximum atomic E-state index is 12.6. The molecule has 2 heterocycles. The highest BCUT2D eigenvalue weighted by atomic mass is 32.1. The summed E-state index contributed by atoms with van der Waals surface area (Å²) in [6, 6.07) is 8.99. The number of carbonyl (C=O) groups is 2. The monoisotopic (exact) mass is 428 g/mol. The van der Waals surface area contributed by atoms with E-state index >= 15 is 0 Å². The number of amides is 2. The summed E-state index contributed by atoms with van der Waals surface area (Å²) in [4.78, 5) is 25.0. The van der Waals surface area contributed by atoms with Crippen LogP contribution in [0.4, 0.5) is 5.00 Å². The number of anilines is 1. The number of aromatic nitrogens is 2. The highest BCUT2D eigenvalue weighted by molar-refractivity contribution is 7.14. The van der Waals surface area contributed by atoms with Crippen LogP contribution in [-0.2, 0) is 13.0 Å². The Morgan fingerprint density at radius 1 is 1.10 bits per heavy atom. The van der Waals surface area contributed by atoms with Gasteiger partial charge in [0.25, 0.3) is 11.8 Å². The molecule has 0 saturated heterocycles. The Bertz CT molecular complexity index is 1030. The molecule has 3 aromatic rings. The number of thiophene rings is 1. The van der Waals surface area contributed by atoms with Crippen LogP contribution in [0.25, 0.3) is 0 Å². The van der Waals surface area contributed by atoms with Gasteiger partial charge in [-0.1, -0.05) is 6.07 Å². The third-order valence-electron chi connectivity index (χ3n) is 4.48. The zero-order chi connectivity index (χ0) is 21.5. The van der Waals surface area contributed by atoms with E-state index in [4.69, 9.17) is 9.47 Å². The third kappa shape index (κ3) is 4.98. The van der Waals surface area contributed by atoms with Crippen molar-refractivity contribution in [1.29, 1.82) is 0 Å². The molecule has 2 N–H and O–H groups in total. The molecule has 0 aliphatic carbocycles. The molecule has 158 valence electrons. The summed E-state index contributed by atoms with van der Waals surface area (Å²) in [6.45, 7) is 3.07. The van der Waals surface area contributed by atoms with Gasteiger partial charge < -0.3 is 20.1 Å². The van der Waals surface area contributed by atoms with Crippen LogP contribution in [0.15, 0.2) is 41.9 Å². The Balaban J connectivity index is 1.58. The Hall–Kier alpha value is -3.33. The van der Waals surface area contributed by atoms with Gasteiger partial charge in [-0.3, -0.25) is 14.3 Å². The highest BCUT2D eigenvalue weighted by Crippen LogP contribution is 2.27. The van der Waals surface area contributed by atoms with Crippen LogP contribution in [0.5, 0.6) is 11.5 Å². The van der Waals surface area contributed by atoms with Crippen LogP contribution in [-0.4, -0.2) is 42.4 Å². The highest BCUT2D eigenvalue weighted by Gasteiger charge is 2.17. The SMILES string of the molecule is CCn1ccc(C(=O)Nc2sccc2C(=O)NCCc2ccc(OC)c(OC)c2)n1. The van der Waals surface area contributed by atoms with E-state index < -0.39 is 0 Å². The maximum absolute atomic E-state index is 12.6. The van der Waals surface area contributed by atoms with Gasteiger partial charge in [0.1, 0.15) is 5.00 Å². The van der Waals surface area contributed by atoms with Crippen molar-refractivity contribution in [1.82, 2.24) is 15.1 Å². The van der Waals surface area contributed by atoms with Crippen molar-refractivity contribution in [3.05, 3.63) is 58.7 Å². The van der Waals surface area contributed by atoms with Crippen molar-refractivity contribution < 1.29 is 19.1 Å². The second-order valence-corrected chi connectivity index (χ2v) is 7.29. The molecular weight excluding hydrogens is 404 g/mol. The Morgan fingerprint density at radius 3 is 2.60 bits per heavy atom. The molecule has 2 amide bonds. The van der Waals surface area contributed by atoms with Crippen LogP contribution in [0, 0.1) is 0 Å². The smallest absolute Gasteiger partial charge is 0.276 e. The lowest BCUT2D eigenvalue weighted by Crippen LogP contribution is -2.26. The molecule has 2 aromatic heterocycles. The minimum absolute atomic E-state index is 0.244. The fourth-order valence-electron chi connectivity index (χ4n) is 2.86. The number of aryl methyl sites for hydroxylation is 1. The normalized spacial score (nSPS) is 10.5. The van der Waals surface area contributed by atoms with Gasteiger partial charge in [0, 0.05) is 19.3 Å². The number of benzene rings is 1. The molecule has 3 rings (SSSR count). The van der Waals surface area contributed by atoms with Gasteiger partial charge in [0.15, 0.2) is 17.2 Å². The second kappa shape index (κ2) is 9.93. The molecule has 0 radical (unpaired) electrons. The number of hydrogen-bond donors (Lipinski definition) is 2. The molecule has 0 aliphatic heterocycles. The standard InChI is InChI=1S/C21H24N4O4S/c1-4-25-11-8-16(24-25)20(27)23-21-15(9-12-30-21)19(26)22-10-7-14-5-6-17(28-2)18(13-14)29-3/h5-6,8-9,11-13H,4,7,10H2,1-3H3,(H,22,26)(H,23,27). The van der Waals surface area contributed by atoms with Crippen LogP contribution >= 0.6 is 11.3 Å². The quantitative estimate of drug-likeness (QED) is 0.546. The number of carbonyl (C=O) groups excluding carboxylic acids is 2. The van der Waals surface area contributed by atoms with Crippen LogP contribution in [0.3, 0.4) is 0 Å². The van der Waals surface area contributed by atoms with Crippen molar-refractivity contribution in [3.63, 3.8) is 0 Å². The van der Waals surface area contributed by atoms with E-state index in [9.17, 15) is 9.59 Å². The zero-order valence-corrected chi connectivity index (χ0v) is 17.9. The molecule has 30 heavy (non-hydrogen) atoms. The van der Waals surface area contributed by atoms with Gasteiger partial charge in [-0.15, -0.1) is 11.3 Å². The van der Waals surface area contributed by atoms with E-state index in [0.717, 1.165) is 5.56 Å². The first kappa shape index (κ1) is 21.4. The fourth-order valence-corrected chi connectivity index (χ4v) is 3.64. The van der Waals surface area contributed by atoms with Gasteiger partial charge in [0.2, 0.25) is 0 Å². The Kier molecular flexibility index (Phi) is 7.08. The summed E-state index contributed by atoms with van der Waals surface area (Å²) in [5, 5.41) is 12.1. The minimum atomic E-state index is -0.343. The molecule has 0 fully saturated rings. The molecular formula is C21H24N4O4S. The lowest BCUT2D eigenvalue weighted by atomic mass is 10.1. The average molecular weight is 429 g/mol. The summed E-state index contributed by atoms with van der Waals surface area (Å²) >= 11 is 1.29. The predicted molar refractivity (Wildman–Crippen MR) is 116 cm³/mol. The lowest BCUT2D eigenvalue weighted by molar-refractivity contribution is 0.0955. The number of rotatable bonds is 9. The average Bonchev–Trinajstić information content (AvgIpc) is 3.43. The third-order valence-corrected chi connectivity index (χ3v) is 5.31. The lowest BCUT2D eigenvalue weighted by Gasteiger charge is -2.10. The number of hydrogen-bond acceptors (Lipinski definition) is 6. The molecule has 8 nitrogen and oxygen atoms in total. The van der Waals surface area contributed by atoms with Crippen molar-refractivity contribution in [3.8, 4) is 11.5 Å². The van der Waals surface area contributed by atoms with Gasteiger partial charge in [-0.05, 0) is 48.6 Å². The predicted octanol–water partition coefficient (Wildman–Crippen LogP) is 3.21. The summed E-state index contributed by atoms with van der Waals surface area (Å²) in [5.41, 5.74) is 1.75. The largest absolute Gasteiger partial charge is 0.493 e. The van der Waals surface area contributed by atoms with Crippen LogP contribution in [0.1, 0.15) is 33.3 Å². The zero-order valence-electron chi connectivity index (χ0n) is 17.1. The van der Waals surface area contributed by atoms with E-state index in [1.165, 1.54) is 11.3 Å². The number of methoxy groups -OCH3 is 2. The van der Waals surface area contributed by atoms with Crippen LogP contribution < -0.4 is 20.1 Å². The molecule has 0 bridgehead atoms. The molecule has 1 aromatic carbocycles. The summed E-state index contributed by atoms with van der Waals surface area (Å²) in [7, 11) is 3.17. The molecule has 0 spiro atoms. The van der Waals surface area contributed by atoms with E-state index in [1.54, 1.807) is 42.6 Å². The molecule has 0 aliphatic rings. The molecule has 0 unspecified atom stereocenters. The minimum Gasteiger partial charge on any atom is -0.493 e. The second-order valence-electron chi connectivity index (χ2n) is 6.37. The summed E-state index contributed by atoms with van der Waals surface area (Å²) in [5.74, 6) is 0.720. The van der Waals surface area contributed by atoms with E-state index in [1.807, 2.05) is 25.1 Å². The van der Waals surface area contributed by atoms with Crippen molar-refractivity contribution in [2.24, 2.45) is 0 Å².